The zero-order valence-corrected chi connectivity index (χ0v) is 11.2. The molecule has 0 aromatic heterocycles. The second kappa shape index (κ2) is 6.76. The fourth-order valence-corrected chi connectivity index (χ4v) is 2.17. The van der Waals surface area contributed by atoms with Gasteiger partial charge in [0, 0.05) is 13.0 Å². The van der Waals surface area contributed by atoms with Crippen LogP contribution in [-0.2, 0) is 14.8 Å². The second-order valence-electron chi connectivity index (χ2n) is 4.77. The van der Waals surface area contributed by atoms with Gasteiger partial charge in [0.2, 0.25) is 10.0 Å². The van der Waals surface area contributed by atoms with E-state index in [0.717, 1.165) is 0 Å². The molecule has 0 rings (SSSR count). The van der Waals surface area contributed by atoms with E-state index in [0.29, 0.717) is 19.4 Å². The maximum Gasteiger partial charge on any atom is 0.303 e. The van der Waals surface area contributed by atoms with E-state index in [4.69, 9.17) is 5.11 Å². The van der Waals surface area contributed by atoms with Crippen LogP contribution in [0.4, 0.5) is 0 Å². The van der Waals surface area contributed by atoms with E-state index in [1.165, 1.54) is 6.08 Å². The van der Waals surface area contributed by atoms with E-state index < -0.39 is 16.0 Å². The summed E-state index contributed by atoms with van der Waals surface area (Å²) in [5.74, 6) is -0.923. The minimum Gasteiger partial charge on any atom is -0.481 e. The van der Waals surface area contributed by atoms with Crippen LogP contribution in [-0.4, -0.2) is 31.8 Å². The van der Waals surface area contributed by atoms with Crippen LogP contribution in [0.25, 0.3) is 0 Å². The minimum atomic E-state index is -3.27. The van der Waals surface area contributed by atoms with E-state index in [2.05, 4.69) is 11.3 Å². The fourth-order valence-electron chi connectivity index (χ4n) is 1.33. The average molecular weight is 263 g/mol. The van der Waals surface area contributed by atoms with Crippen LogP contribution in [0.3, 0.4) is 0 Å². The molecule has 0 radical (unpaired) electrons. The highest BCUT2D eigenvalue weighted by molar-refractivity contribution is 7.89. The highest BCUT2D eigenvalue weighted by Gasteiger charge is 2.19. The van der Waals surface area contributed by atoms with Crippen molar-refractivity contribution in [1.29, 1.82) is 0 Å². The third-order valence-electron chi connectivity index (χ3n) is 2.48. The van der Waals surface area contributed by atoms with Crippen LogP contribution in [0.5, 0.6) is 0 Å². The second-order valence-corrected chi connectivity index (χ2v) is 6.62. The maximum atomic E-state index is 11.3. The maximum absolute atomic E-state index is 11.3. The Bertz CT molecular complexity index is 360. The number of hydrogen-bond acceptors (Lipinski definition) is 3. The van der Waals surface area contributed by atoms with Crippen LogP contribution in [0.15, 0.2) is 12.7 Å². The van der Waals surface area contributed by atoms with Gasteiger partial charge >= 0.3 is 5.97 Å². The van der Waals surface area contributed by atoms with Crippen molar-refractivity contribution in [1.82, 2.24) is 4.72 Å². The number of sulfonamides is 1. The Labute approximate surface area is 103 Å². The molecule has 0 aliphatic carbocycles. The van der Waals surface area contributed by atoms with Crippen molar-refractivity contribution >= 4 is 16.0 Å². The summed E-state index contributed by atoms with van der Waals surface area (Å²) in [5.41, 5.74) is -0.185. The summed E-state index contributed by atoms with van der Waals surface area (Å²) in [7, 11) is -3.27. The van der Waals surface area contributed by atoms with E-state index in [-0.39, 0.29) is 17.6 Å². The molecule has 6 heteroatoms. The molecule has 0 aromatic carbocycles. The van der Waals surface area contributed by atoms with Crippen LogP contribution in [0.1, 0.15) is 33.1 Å². The lowest BCUT2D eigenvalue weighted by Gasteiger charge is -2.23. The molecule has 0 amide bonds. The van der Waals surface area contributed by atoms with Gasteiger partial charge in [-0.15, -0.1) is 6.58 Å². The van der Waals surface area contributed by atoms with E-state index >= 15 is 0 Å². The molecule has 17 heavy (non-hydrogen) atoms. The molecule has 0 aliphatic rings. The summed E-state index contributed by atoms with van der Waals surface area (Å²) in [4.78, 5) is 10.4. The average Bonchev–Trinajstić information content (AvgIpc) is 2.14. The van der Waals surface area contributed by atoms with Crippen molar-refractivity contribution in [3.05, 3.63) is 12.7 Å². The SMILES string of the molecule is C=CCS(=O)(=O)NCCC(C)(C)CCC(=O)O. The van der Waals surface area contributed by atoms with Crippen molar-refractivity contribution in [2.75, 3.05) is 12.3 Å². The van der Waals surface area contributed by atoms with Gasteiger partial charge in [0.15, 0.2) is 0 Å². The number of hydrogen-bond donors (Lipinski definition) is 2. The lowest BCUT2D eigenvalue weighted by molar-refractivity contribution is -0.137. The molecule has 0 saturated carbocycles. The van der Waals surface area contributed by atoms with Gasteiger partial charge in [0.05, 0.1) is 5.75 Å². The van der Waals surface area contributed by atoms with Gasteiger partial charge in [-0.05, 0) is 18.3 Å². The third-order valence-corrected chi connectivity index (χ3v) is 3.80. The topological polar surface area (TPSA) is 83.5 Å². The van der Waals surface area contributed by atoms with Crippen LogP contribution in [0, 0.1) is 5.41 Å². The lowest BCUT2D eigenvalue weighted by Crippen LogP contribution is -2.29. The van der Waals surface area contributed by atoms with Crippen LogP contribution in [0.2, 0.25) is 0 Å². The lowest BCUT2D eigenvalue weighted by atomic mass is 9.84. The van der Waals surface area contributed by atoms with Gasteiger partial charge in [-0.3, -0.25) is 4.79 Å². The molecule has 5 nitrogen and oxygen atoms in total. The number of carbonyl (C=O) groups is 1. The standard InChI is InChI=1S/C11H21NO4S/c1-4-9-17(15,16)12-8-7-11(2,3)6-5-10(13)14/h4,12H,1,5-9H2,2-3H3,(H,13,14). The highest BCUT2D eigenvalue weighted by atomic mass is 32.2. The van der Waals surface area contributed by atoms with Gasteiger partial charge in [-0.1, -0.05) is 19.9 Å². The summed E-state index contributed by atoms with van der Waals surface area (Å²) in [6.07, 6.45) is 2.58. The van der Waals surface area contributed by atoms with E-state index in [9.17, 15) is 13.2 Å². The van der Waals surface area contributed by atoms with Gasteiger partial charge < -0.3 is 5.11 Å². The molecule has 0 unspecified atom stereocenters. The molecular formula is C11H21NO4S. The Morgan fingerprint density at radius 3 is 2.47 bits per heavy atom. The monoisotopic (exact) mass is 263 g/mol. The van der Waals surface area contributed by atoms with Crippen molar-refractivity contribution < 1.29 is 18.3 Å². The van der Waals surface area contributed by atoms with Crippen molar-refractivity contribution in [2.24, 2.45) is 5.41 Å². The van der Waals surface area contributed by atoms with Gasteiger partial charge in [0.1, 0.15) is 0 Å². The van der Waals surface area contributed by atoms with E-state index in [1.807, 2.05) is 13.8 Å². The Hall–Kier alpha value is -0.880. The molecule has 0 aliphatic heterocycles. The number of aliphatic carboxylic acids is 1. The molecule has 0 spiro atoms. The first kappa shape index (κ1) is 16.1. The first-order valence-corrected chi connectivity index (χ1v) is 7.14. The number of carboxylic acid groups (broad SMARTS) is 1. The van der Waals surface area contributed by atoms with Crippen molar-refractivity contribution in [3.63, 3.8) is 0 Å². The predicted molar refractivity (Wildman–Crippen MR) is 67.3 cm³/mol. The Balaban J connectivity index is 4.02. The van der Waals surface area contributed by atoms with Crippen LogP contribution >= 0.6 is 0 Å². The third kappa shape index (κ3) is 8.88. The zero-order chi connectivity index (χ0) is 13.5. The Morgan fingerprint density at radius 2 is 2.00 bits per heavy atom. The molecule has 0 fully saturated rings. The van der Waals surface area contributed by atoms with E-state index in [1.54, 1.807) is 0 Å². The first-order chi connectivity index (χ1) is 7.68. The largest absolute Gasteiger partial charge is 0.481 e. The van der Waals surface area contributed by atoms with Gasteiger partial charge in [-0.2, -0.15) is 0 Å². The van der Waals surface area contributed by atoms with Gasteiger partial charge in [0.25, 0.3) is 0 Å². The molecule has 0 saturated heterocycles. The predicted octanol–water partition coefficient (Wildman–Crippen LogP) is 1.37. The zero-order valence-electron chi connectivity index (χ0n) is 10.4. The quantitative estimate of drug-likeness (QED) is 0.615. The summed E-state index contributed by atoms with van der Waals surface area (Å²) >= 11 is 0. The van der Waals surface area contributed by atoms with Crippen LogP contribution < -0.4 is 4.72 Å². The first-order valence-electron chi connectivity index (χ1n) is 5.48. The number of rotatable bonds is 9. The molecule has 100 valence electrons. The molecular weight excluding hydrogens is 242 g/mol. The molecule has 0 atom stereocenters. The Morgan fingerprint density at radius 1 is 1.41 bits per heavy atom. The molecule has 0 heterocycles. The molecule has 2 N–H and O–H groups in total. The smallest absolute Gasteiger partial charge is 0.303 e. The number of carboxylic acids is 1. The van der Waals surface area contributed by atoms with Crippen molar-refractivity contribution in [3.8, 4) is 0 Å². The minimum absolute atomic E-state index is 0.0947. The van der Waals surface area contributed by atoms with Crippen molar-refractivity contribution in [2.45, 2.75) is 33.1 Å². The summed E-state index contributed by atoms with van der Waals surface area (Å²) in [6.45, 7) is 7.55. The normalized spacial score (nSPS) is 12.4. The number of nitrogens with one attached hydrogen (secondary N) is 1. The Kier molecular flexibility index (Phi) is 6.41. The highest BCUT2D eigenvalue weighted by Crippen LogP contribution is 2.26. The summed E-state index contributed by atoms with van der Waals surface area (Å²) < 4.78 is 25.1. The molecule has 0 aromatic rings. The summed E-state index contributed by atoms with van der Waals surface area (Å²) in [5, 5.41) is 8.58. The molecule has 0 bridgehead atoms. The fraction of sp³-hybridized carbons (Fsp3) is 0.727. The van der Waals surface area contributed by atoms with Gasteiger partial charge in [-0.25, -0.2) is 13.1 Å². The summed E-state index contributed by atoms with van der Waals surface area (Å²) in [6, 6.07) is 0.